The van der Waals surface area contributed by atoms with Crippen molar-refractivity contribution in [2.75, 3.05) is 0 Å². The molecule has 1 fully saturated rings. The van der Waals surface area contributed by atoms with E-state index in [0.717, 1.165) is 0 Å². The van der Waals surface area contributed by atoms with E-state index in [0.29, 0.717) is 5.41 Å². The maximum atomic E-state index is 6.62. The number of hydrogen-bond acceptors (Lipinski definition) is 1. The first-order valence-electron chi connectivity index (χ1n) is 6.92. The van der Waals surface area contributed by atoms with Gasteiger partial charge in [0.1, 0.15) is 0 Å². The van der Waals surface area contributed by atoms with Crippen LogP contribution in [0.2, 0.25) is 0 Å². The van der Waals surface area contributed by atoms with Crippen LogP contribution in [0.15, 0.2) is 18.2 Å². The van der Waals surface area contributed by atoms with E-state index < -0.39 is 0 Å². The van der Waals surface area contributed by atoms with Gasteiger partial charge in [0.05, 0.1) is 0 Å². The fourth-order valence-corrected chi connectivity index (χ4v) is 3.39. The summed E-state index contributed by atoms with van der Waals surface area (Å²) in [5, 5.41) is 0. The van der Waals surface area contributed by atoms with Gasteiger partial charge in [0.15, 0.2) is 0 Å². The number of nitrogens with two attached hydrogens (primary N) is 1. The average Bonchev–Trinajstić information content (AvgIpc) is 2.81. The summed E-state index contributed by atoms with van der Waals surface area (Å²) in [5.74, 6) is 0. The second-order valence-corrected chi connectivity index (χ2v) is 5.76. The van der Waals surface area contributed by atoms with Crippen molar-refractivity contribution in [3.8, 4) is 0 Å². The molecule has 1 heteroatoms. The van der Waals surface area contributed by atoms with Gasteiger partial charge in [-0.2, -0.15) is 0 Å². The lowest BCUT2D eigenvalue weighted by atomic mass is 9.73. The molecule has 2 rings (SSSR count). The van der Waals surface area contributed by atoms with Crippen molar-refractivity contribution >= 4 is 0 Å². The van der Waals surface area contributed by atoms with Crippen molar-refractivity contribution in [1.29, 1.82) is 0 Å². The third-order valence-electron chi connectivity index (χ3n) is 4.73. The molecule has 0 amide bonds. The molecule has 0 heterocycles. The van der Waals surface area contributed by atoms with E-state index in [1.807, 2.05) is 0 Å². The van der Waals surface area contributed by atoms with Gasteiger partial charge in [-0.1, -0.05) is 43.5 Å². The van der Waals surface area contributed by atoms with Crippen molar-refractivity contribution in [3.63, 3.8) is 0 Å². The summed E-state index contributed by atoms with van der Waals surface area (Å²) in [5.41, 5.74) is 11.0. The van der Waals surface area contributed by atoms with E-state index in [4.69, 9.17) is 5.73 Å². The van der Waals surface area contributed by atoms with Gasteiger partial charge in [0, 0.05) is 6.04 Å². The van der Waals surface area contributed by atoms with Crippen molar-refractivity contribution in [1.82, 2.24) is 0 Å². The molecule has 1 nitrogen and oxygen atoms in total. The number of benzene rings is 1. The highest BCUT2D eigenvalue weighted by Crippen LogP contribution is 2.49. The normalized spacial score (nSPS) is 20.5. The molecule has 0 aromatic heterocycles. The van der Waals surface area contributed by atoms with Crippen LogP contribution in [0, 0.1) is 19.3 Å². The smallest absolute Gasteiger partial charge is 0.0354 e. The highest BCUT2D eigenvalue weighted by atomic mass is 14.7. The Morgan fingerprint density at radius 3 is 2.47 bits per heavy atom. The van der Waals surface area contributed by atoms with Gasteiger partial charge in [-0.3, -0.25) is 0 Å². The molecule has 1 unspecified atom stereocenters. The van der Waals surface area contributed by atoms with Crippen LogP contribution in [0.5, 0.6) is 0 Å². The van der Waals surface area contributed by atoms with Crippen molar-refractivity contribution in [2.24, 2.45) is 11.1 Å². The molecule has 0 saturated heterocycles. The summed E-state index contributed by atoms with van der Waals surface area (Å²) in [6.45, 7) is 6.65. The van der Waals surface area contributed by atoms with Crippen molar-refractivity contribution in [2.45, 2.75) is 58.9 Å². The van der Waals surface area contributed by atoms with E-state index in [-0.39, 0.29) is 6.04 Å². The highest BCUT2D eigenvalue weighted by Gasteiger charge is 2.38. The molecule has 0 bridgehead atoms. The summed E-state index contributed by atoms with van der Waals surface area (Å²) >= 11 is 0. The lowest BCUT2D eigenvalue weighted by Crippen LogP contribution is -2.32. The summed E-state index contributed by atoms with van der Waals surface area (Å²) in [6, 6.07) is 6.90. The molecule has 1 saturated carbocycles. The van der Waals surface area contributed by atoms with Gasteiger partial charge in [0.2, 0.25) is 0 Å². The van der Waals surface area contributed by atoms with Crippen LogP contribution in [0.4, 0.5) is 0 Å². The van der Waals surface area contributed by atoms with Crippen molar-refractivity contribution in [3.05, 3.63) is 34.9 Å². The number of aryl methyl sites for hydroxylation is 2. The highest BCUT2D eigenvalue weighted by molar-refractivity contribution is 5.34. The molecular formula is C16H25N. The Balaban J connectivity index is 2.35. The lowest BCUT2D eigenvalue weighted by molar-refractivity contribution is 0.221. The second-order valence-electron chi connectivity index (χ2n) is 5.76. The molecule has 0 aliphatic heterocycles. The van der Waals surface area contributed by atoms with E-state index in [1.165, 1.54) is 48.8 Å². The Labute approximate surface area is 105 Å². The fourth-order valence-electron chi connectivity index (χ4n) is 3.39. The molecule has 94 valence electrons. The maximum absolute atomic E-state index is 6.62. The maximum Gasteiger partial charge on any atom is 0.0354 e. The molecule has 1 aromatic carbocycles. The predicted molar refractivity (Wildman–Crippen MR) is 74.0 cm³/mol. The van der Waals surface area contributed by atoms with Crippen LogP contribution in [-0.4, -0.2) is 0 Å². The second kappa shape index (κ2) is 4.81. The molecule has 17 heavy (non-hydrogen) atoms. The SMILES string of the molecule is CCC1(C(N)c2cc(C)ccc2C)CCCC1. The van der Waals surface area contributed by atoms with Crippen molar-refractivity contribution < 1.29 is 0 Å². The van der Waals surface area contributed by atoms with Crippen LogP contribution in [0.1, 0.15) is 61.8 Å². The zero-order chi connectivity index (χ0) is 12.5. The van der Waals surface area contributed by atoms with Gasteiger partial charge < -0.3 is 5.73 Å². The van der Waals surface area contributed by atoms with Crippen LogP contribution in [0.3, 0.4) is 0 Å². The lowest BCUT2D eigenvalue weighted by Gasteiger charge is -2.35. The van der Waals surface area contributed by atoms with Crippen LogP contribution in [0.25, 0.3) is 0 Å². The Hall–Kier alpha value is -0.820. The standard InChI is InChI=1S/C16H25N/c1-4-16(9-5-6-10-16)15(17)14-11-12(2)7-8-13(14)3/h7-8,11,15H,4-6,9-10,17H2,1-3H3. The fraction of sp³-hybridized carbons (Fsp3) is 0.625. The van der Waals surface area contributed by atoms with Crippen LogP contribution < -0.4 is 5.73 Å². The minimum absolute atomic E-state index is 0.217. The minimum atomic E-state index is 0.217. The summed E-state index contributed by atoms with van der Waals surface area (Å²) < 4.78 is 0. The third kappa shape index (κ3) is 2.26. The van der Waals surface area contributed by atoms with Gasteiger partial charge in [-0.15, -0.1) is 0 Å². The monoisotopic (exact) mass is 231 g/mol. The quantitative estimate of drug-likeness (QED) is 0.826. The van der Waals surface area contributed by atoms with Gasteiger partial charge in [-0.25, -0.2) is 0 Å². The molecule has 1 aromatic rings. The molecule has 1 aliphatic carbocycles. The first-order chi connectivity index (χ1) is 8.09. The zero-order valence-corrected chi connectivity index (χ0v) is 11.4. The van der Waals surface area contributed by atoms with Gasteiger partial charge in [0.25, 0.3) is 0 Å². The van der Waals surface area contributed by atoms with E-state index in [2.05, 4.69) is 39.0 Å². The number of rotatable bonds is 3. The summed E-state index contributed by atoms with van der Waals surface area (Å²) in [4.78, 5) is 0. The topological polar surface area (TPSA) is 26.0 Å². The largest absolute Gasteiger partial charge is 0.323 e. The third-order valence-corrected chi connectivity index (χ3v) is 4.73. The first kappa shape index (κ1) is 12.6. The molecule has 2 N–H and O–H groups in total. The predicted octanol–water partition coefficient (Wildman–Crippen LogP) is 4.27. The molecular weight excluding hydrogens is 206 g/mol. The van der Waals surface area contributed by atoms with E-state index in [9.17, 15) is 0 Å². The van der Waals surface area contributed by atoms with Crippen LogP contribution >= 0.6 is 0 Å². The first-order valence-corrected chi connectivity index (χ1v) is 6.92. The summed E-state index contributed by atoms with van der Waals surface area (Å²) in [7, 11) is 0. The molecule has 0 radical (unpaired) electrons. The average molecular weight is 231 g/mol. The van der Waals surface area contributed by atoms with Crippen LogP contribution in [-0.2, 0) is 0 Å². The molecule has 1 atom stereocenters. The van der Waals surface area contributed by atoms with E-state index >= 15 is 0 Å². The Kier molecular flexibility index (Phi) is 3.58. The molecule has 0 spiro atoms. The number of hydrogen-bond donors (Lipinski definition) is 1. The Morgan fingerprint density at radius 2 is 1.88 bits per heavy atom. The Morgan fingerprint density at radius 1 is 1.24 bits per heavy atom. The Bertz CT molecular complexity index is 389. The molecule has 1 aliphatic rings. The van der Waals surface area contributed by atoms with Gasteiger partial charge >= 0.3 is 0 Å². The summed E-state index contributed by atoms with van der Waals surface area (Å²) in [6.07, 6.45) is 6.52. The van der Waals surface area contributed by atoms with E-state index in [1.54, 1.807) is 0 Å². The minimum Gasteiger partial charge on any atom is -0.323 e. The zero-order valence-electron chi connectivity index (χ0n) is 11.4. The van der Waals surface area contributed by atoms with Gasteiger partial charge in [-0.05, 0) is 49.7 Å².